The third-order valence-corrected chi connectivity index (χ3v) is 3.89. The van der Waals surface area contributed by atoms with E-state index in [1.165, 1.54) is 40.4 Å². The number of thiocarbonyl (C=S) groups is 1. The summed E-state index contributed by atoms with van der Waals surface area (Å²) in [6.45, 7) is 1.48. The maximum atomic E-state index is 12.5. The van der Waals surface area contributed by atoms with Crippen molar-refractivity contribution in [3.05, 3.63) is 47.5 Å². The molecule has 2 aromatic carbocycles. The molecule has 0 aliphatic rings. The molecular weight excluding hydrogens is 368 g/mol. The number of ether oxygens (including phenoxy) is 3. The highest BCUT2D eigenvalue weighted by Crippen LogP contribution is 2.38. The van der Waals surface area contributed by atoms with Crippen LogP contribution < -0.4 is 24.8 Å². The summed E-state index contributed by atoms with van der Waals surface area (Å²) in [6, 6.07) is 9.86. The van der Waals surface area contributed by atoms with Crippen LogP contribution in [-0.2, 0) is 0 Å². The van der Waals surface area contributed by atoms with E-state index in [1.54, 1.807) is 24.3 Å². The Hall–Kier alpha value is -3.13. The normalized spacial score (nSPS) is 9.93. The van der Waals surface area contributed by atoms with Gasteiger partial charge in [-0.2, -0.15) is 0 Å². The predicted molar refractivity (Wildman–Crippen MR) is 106 cm³/mol. The molecule has 142 valence electrons. The lowest BCUT2D eigenvalue weighted by Gasteiger charge is -2.14. The molecular formula is C19H20N2O5S. The van der Waals surface area contributed by atoms with Gasteiger partial charge in [0.25, 0.3) is 5.91 Å². The van der Waals surface area contributed by atoms with Gasteiger partial charge >= 0.3 is 0 Å². The van der Waals surface area contributed by atoms with Crippen molar-refractivity contribution in [3.8, 4) is 17.2 Å². The standard InChI is InChI=1S/C19H20N2O5S/c1-11(22)12-6-5-7-14(8-12)20-19(27)21-18(23)13-9-15(24-2)17(26-4)16(10-13)25-3/h5-10H,1-4H3,(H2,20,21,23,27). The van der Waals surface area contributed by atoms with Crippen LogP contribution >= 0.6 is 12.2 Å². The van der Waals surface area contributed by atoms with Crippen LogP contribution in [0, 0.1) is 0 Å². The predicted octanol–water partition coefficient (Wildman–Crippen LogP) is 3.04. The second-order valence-corrected chi connectivity index (χ2v) is 5.87. The quantitative estimate of drug-likeness (QED) is 0.581. The molecule has 2 aromatic rings. The van der Waals surface area contributed by atoms with Crippen LogP contribution in [-0.4, -0.2) is 38.1 Å². The first-order valence-electron chi connectivity index (χ1n) is 7.93. The van der Waals surface area contributed by atoms with Gasteiger partial charge in [0.15, 0.2) is 22.4 Å². The van der Waals surface area contributed by atoms with Crippen molar-refractivity contribution in [1.82, 2.24) is 5.32 Å². The molecule has 2 rings (SSSR count). The number of ketones is 1. The number of methoxy groups -OCH3 is 3. The van der Waals surface area contributed by atoms with Crippen LogP contribution in [0.4, 0.5) is 5.69 Å². The van der Waals surface area contributed by atoms with Crippen LogP contribution in [0.25, 0.3) is 0 Å². The van der Waals surface area contributed by atoms with Crippen molar-refractivity contribution < 1.29 is 23.8 Å². The number of anilines is 1. The highest BCUT2D eigenvalue weighted by atomic mass is 32.1. The highest BCUT2D eigenvalue weighted by Gasteiger charge is 2.17. The summed E-state index contributed by atoms with van der Waals surface area (Å²) in [5.41, 5.74) is 1.42. The van der Waals surface area contributed by atoms with Gasteiger partial charge < -0.3 is 19.5 Å². The van der Waals surface area contributed by atoms with E-state index >= 15 is 0 Å². The fourth-order valence-corrected chi connectivity index (χ4v) is 2.58. The largest absolute Gasteiger partial charge is 0.493 e. The lowest BCUT2D eigenvalue weighted by atomic mass is 10.1. The van der Waals surface area contributed by atoms with Gasteiger partial charge in [-0.1, -0.05) is 12.1 Å². The molecule has 2 N–H and O–H groups in total. The molecule has 0 heterocycles. The van der Waals surface area contributed by atoms with Gasteiger partial charge in [-0.05, 0) is 43.4 Å². The van der Waals surface area contributed by atoms with E-state index in [9.17, 15) is 9.59 Å². The molecule has 0 radical (unpaired) electrons. The lowest BCUT2D eigenvalue weighted by Crippen LogP contribution is -2.34. The van der Waals surface area contributed by atoms with Crippen LogP contribution in [0.15, 0.2) is 36.4 Å². The first-order valence-corrected chi connectivity index (χ1v) is 8.33. The topological polar surface area (TPSA) is 85.9 Å². The number of Topliss-reactive ketones (excluding diaryl/α,β-unsaturated/α-hetero) is 1. The average Bonchev–Trinajstić information content (AvgIpc) is 2.66. The molecule has 0 bridgehead atoms. The molecule has 0 spiro atoms. The smallest absolute Gasteiger partial charge is 0.257 e. The second-order valence-electron chi connectivity index (χ2n) is 5.46. The van der Waals surface area contributed by atoms with Gasteiger partial charge in [-0.15, -0.1) is 0 Å². The van der Waals surface area contributed by atoms with Crippen molar-refractivity contribution in [3.63, 3.8) is 0 Å². The zero-order valence-corrected chi connectivity index (χ0v) is 16.2. The summed E-state index contributed by atoms with van der Waals surface area (Å²) >= 11 is 5.18. The Bertz CT molecular complexity index is 857. The molecule has 0 unspecified atom stereocenters. The van der Waals surface area contributed by atoms with E-state index < -0.39 is 5.91 Å². The van der Waals surface area contributed by atoms with Crippen LogP contribution in [0.3, 0.4) is 0 Å². The fourth-order valence-electron chi connectivity index (χ4n) is 2.37. The van der Waals surface area contributed by atoms with Crippen molar-refractivity contribution in [1.29, 1.82) is 0 Å². The van der Waals surface area contributed by atoms with E-state index in [1.807, 2.05) is 0 Å². The summed E-state index contributed by atoms with van der Waals surface area (Å²) in [5, 5.41) is 5.55. The average molecular weight is 388 g/mol. The summed E-state index contributed by atoms with van der Waals surface area (Å²) < 4.78 is 15.7. The SMILES string of the molecule is COc1cc(C(=O)NC(=S)Nc2cccc(C(C)=O)c2)cc(OC)c1OC. The van der Waals surface area contributed by atoms with E-state index in [0.29, 0.717) is 28.5 Å². The summed E-state index contributed by atoms with van der Waals surface area (Å²) in [6.07, 6.45) is 0. The molecule has 0 fully saturated rings. The minimum atomic E-state index is -0.450. The number of rotatable bonds is 6. The van der Waals surface area contributed by atoms with Gasteiger partial charge in [0.1, 0.15) is 0 Å². The van der Waals surface area contributed by atoms with Crippen LogP contribution in [0.5, 0.6) is 17.2 Å². The number of nitrogens with one attached hydrogen (secondary N) is 2. The van der Waals surface area contributed by atoms with Crippen molar-refractivity contribution in [2.45, 2.75) is 6.92 Å². The number of hydrogen-bond acceptors (Lipinski definition) is 6. The third kappa shape index (κ3) is 4.95. The Labute approximate surface area is 162 Å². The second kappa shape index (κ2) is 9.00. The summed E-state index contributed by atoms with van der Waals surface area (Å²) in [4.78, 5) is 24.0. The van der Waals surface area contributed by atoms with Gasteiger partial charge in [0.2, 0.25) is 5.75 Å². The molecule has 0 aliphatic heterocycles. The zero-order chi connectivity index (χ0) is 20.0. The Morgan fingerprint density at radius 2 is 1.56 bits per heavy atom. The Morgan fingerprint density at radius 3 is 2.07 bits per heavy atom. The van der Waals surface area contributed by atoms with Gasteiger partial charge in [0, 0.05) is 16.8 Å². The first kappa shape index (κ1) is 20.2. The number of hydrogen-bond donors (Lipinski definition) is 2. The van der Waals surface area contributed by atoms with E-state index in [-0.39, 0.29) is 16.5 Å². The summed E-state index contributed by atoms with van der Waals surface area (Å²) in [7, 11) is 4.41. The Morgan fingerprint density at radius 1 is 0.926 bits per heavy atom. The minimum absolute atomic E-state index is 0.0639. The zero-order valence-electron chi connectivity index (χ0n) is 15.4. The highest BCUT2D eigenvalue weighted by molar-refractivity contribution is 7.80. The minimum Gasteiger partial charge on any atom is -0.493 e. The number of carbonyl (C=O) groups excluding carboxylic acids is 2. The van der Waals surface area contributed by atoms with Crippen molar-refractivity contribution >= 4 is 34.7 Å². The van der Waals surface area contributed by atoms with Crippen LogP contribution in [0.2, 0.25) is 0 Å². The molecule has 1 amide bonds. The third-order valence-electron chi connectivity index (χ3n) is 3.68. The van der Waals surface area contributed by atoms with Gasteiger partial charge in [0.05, 0.1) is 21.3 Å². The molecule has 7 nitrogen and oxygen atoms in total. The van der Waals surface area contributed by atoms with E-state index in [0.717, 1.165) is 0 Å². The van der Waals surface area contributed by atoms with Gasteiger partial charge in [-0.25, -0.2) is 0 Å². The molecule has 8 heteroatoms. The summed E-state index contributed by atoms with van der Waals surface area (Å²) in [5.74, 6) is 0.587. The molecule has 0 aromatic heterocycles. The number of benzene rings is 2. The van der Waals surface area contributed by atoms with Crippen molar-refractivity contribution in [2.75, 3.05) is 26.6 Å². The molecule has 0 aliphatic carbocycles. The molecule has 0 saturated carbocycles. The van der Waals surface area contributed by atoms with Crippen molar-refractivity contribution in [2.24, 2.45) is 0 Å². The molecule has 0 atom stereocenters. The Balaban J connectivity index is 2.16. The van der Waals surface area contributed by atoms with Crippen LogP contribution in [0.1, 0.15) is 27.6 Å². The van der Waals surface area contributed by atoms with Gasteiger partial charge in [-0.3, -0.25) is 14.9 Å². The molecule has 27 heavy (non-hydrogen) atoms. The maximum absolute atomic E-state index is 12.5. The fraction of sp³-hybridized carbons (Fsp3) is 0.211. The lowest BCUT2D eigenvalue weighted by molar-refractivity contribution is 0.0975. The monoisotopic (exact) mass is 388 g/mol. The number of amides is 1. The van der Waals surface area contributed by atoms with E-state index in [2.05, 4.69) is 10.6 Å². The number of carbonyl (C=O) groups is 2. The molecule has 0 saturated heterocycles. The van der Waals surface area contributed by atoms with E-state index in [4.69, 9.17) is 26.4 Å². The Kier molecular flexibility index (Phi) is 6.73. The maximum Gasteiger partial charge on any atom is 0.257 e. The first-order chi connectivity index (χ1) is 12.9.